The summed E-state index contributed by atoms with van der Waals surface area (Å²) in [6, 6.07) is 7.86. The number of benzene rings is 1. The Hall–Kier alpha value is -1.66. The number of hydrogen-bond donors (Lipinski definition) is 3. The molecule has 94 valence electrons. The molecule has 1 aromatic carbocycles. The molecular weight excluding hydrogens is 294 g/mol. The Labute approximate surface area is 114 Å². The van der Waals surface area contributed by atoms with Crippen molar-refractivity contribution in [2.75, 3.05) is 10.7 Å². The maximum Gasteiger partial charge on any atom is 0.148 e. The Morgan fingerprint density at radius 1 is 1.22 bits per heavy atom. The van der Waals surface area contributed by atoms with Crippen molar-refractivity contribution in [2.45, 2.75) is 13.3 Å². The second-order valence-electron chi connectivity index (χ2n) is 3.65. The highest BCUT2D eigenvalue weighted by molar-refractivity contribution is 9.10. The molecule has 0 spiro atoms. The third-order valence-electron chi connectivity index (χ3n) is 2.56. The number of nitrogens with zero attached hydrogens (tertiary/aromatic N) is 2. The van der Waals surface area contributed by atoms with E-state index in [9.17, 15) is 0 Å². The number of para-hydroxylation sites is 1. The molecule has 2 rings (SSSR count). The van der Waals surface area contributed by atoms with E-state index in [1.165, 1.54) is 6.33 Å². The van der Waals surface area contributed by atoms with Crippen molar-refractivity contribution in [3.8, 4) is 0 Å². The van der Waals surface area contributed by atoms with E-state index in [2.05, 4.69) is 36.6 Å². The maximum absolute atomic E-state index is 5.44. The SMILES string of the molecule is CCc1c(NN)ncnc1Nc1ccccc1Br. The number of anilines is 3. The number of nitrogens with two attached hydrogens (primary N) is 1. The minimum atomic E-state index is 0.641. The van der Waals surface area contributed by atoms with Gasteiger partial charge < -0.3 is 10.7 Å². The molecule has 1 heterocycles. The number of rotatable bonds is 4. The Morgan fingerprint density at radius 2 is 1.94 bits per heavy atom. The molecule has 0 amide bonds. The van der Waals surface area contributed by atoms with E-state index in [1.807, 2.05) is 31.2 Å². The highest BCUT2D eigenvalue weighted by Gasteiger charge is 2.09. The number of halogens is 1. The van der Waals surface area contributed by atoms with E-state index < -0.39 is 0 Å². The fraction of sp³-hybridized carbons (Fsp3) is 0.167. The Kier molecular flexibility index (Phi) is 4.11. The lowest BCUT2D eigenvalue weighted by Crippen LogP contribution is -2.13. The third-order valence-corrected chi connectivity index (χ3v) is 3.25. The zero-order valence-electron chi connectivity index (χ0n) is 9.94. The molecule has 0 aliphatic rings. The topological polar surface area (TPSA) is 75.9 Å². The van der Waals surface area contributed by atoms with Crippen LogP contribution in [0, 0.1) is 0 Å². The lowest BCUT2D eigenvalue weighted by molar-refractivity contribution is 1.04. The molecule has 4 N–H and O–H groups in total. The standard InChI is InChI=1S/C12H14BrN5/c1-2-8-11(15-7-16-12(8)18-14)17-10-6-4-3-5-9(10)13/h3-7H,2,14H2,1H3,(H2,15,16,17,18). The van der Waals surface area contributed by atoms with Crippen LogP contribution >= 0.6 is 15.9 Å². The molecule has 0 aliphatic heterocycles. The summed E-state index contributed by atoms with van der Waals surface area (Å²) < 4.78 is 0.980. The van der Waals surface area contributed by atoms with Gasteiger partial charge in [-0.1, -0.05) is 19.1 Å². The van der Waals surface area contributed by atoms with Crippen LogP contribution in [-0.4, -0.2) is 9.97 Å². The van der Waals surface area contributed by atoms with Gasteiger partial charge in [-0.25, -0.2) is 15.8 Å². The van der Waals surface area contributed by atoms with Crippen LogP contribution in [0.4, 0.5) is 17.3 Å². The first-order chi connectivity index (χ1) is 8.76. The van der Waals surface area contributed by atoms with E-state index in [0.717, 1.165) is 28.0 Å². The van der Waals surface area contributed by atoms with E-state index in [4.69, 9.17) is 5.84 Å². The van der Waals surface area contributed by atoms with Gasteiger partial charge in [-0.3, -0.25) is 0 Å². The Morgan fingerprint density at radius 3 is 2.61 bits per heavy atom. The second-order valence-corrected chi connectivity index (χ2v) is 4.51. The van der Waals surface area contributed by atoms with Crippen LogP contribution < -0.4 is 16.6 Å². The van der Waals surface area contributed by atoms with Crippen LogP contribution in [0.3, 0.4) is 0 Å². The van der Waals surface area contributed by atoms with Crippen molar-refractivity contribution < 1.29 is 0 Å². The van der Waals surface area contributed by atoms with Gasteiger partial charge in [-0.05, 0) is 34.5 Å². The Bertz CT molecular complexity index is 544. The average molecular weight is 308 g/mol. The summed E-state index contributed by atoms with van der Waals surface area (Å²) in [7, 11) is 0. The van der Waals surface area contributed by atoms with Crippen LogP contribution in [-0.2, 0) is 6.42 Å². The summed E-state index contributed by atoms with van der Waals surface area (Å²) in [5.41, 5.74) is 4.49. The summed E-state index contributed by atoms with van der Waals surface area (Å²) >= 11 is 3.49. The number of nitrogen functional groups attached to an aromatic ring is 1. The monoisotopic (exact) mass is 307 g/mol. The summed E-state index contributed by atoms with van der Waals surface area (Å²) in [6.07, 6.45) is 2.26. The van der Waals surface area contributed by atoms with Crippen molar-refractivity contribution in [2.24, 2.45) is 5.84 Å². The molecule has 0 bridgehead atoms. The predicted octanol–water partition coefficient (Wildman–Crippen LogP) is 2.83. The number of hydrogen-bond acceptors (Lipinski definition) is 5. The summed E-state index contributed by atoms with van der Waals surface area (Å²) in [4.78, 5) is 8.35. The van der Waals surface area contributed by atoms with Gasteiger partial charge in [-0.15, -0.1) is 0 Å². The van der Waals surface area contributed by atoms with Gasteiger partial charge in [0.15, 0.2) is 0 Å². The first kappa shape index (κ1) is 12.8. The molecule has 0 radical (unpaired) electrons. The van der Waals surface area contributed by atoms with Gasteiger partial charge in [-0.2, -0.15) is 0 Å². The predicted molar refractivity (Wildman–Crippen MR) is 76.6 cm³/mol. The molecule has 18 heavy (non-hydrogen) atoms. The van der Waals surface area contributed by atoms with Gasteiger partial charge in [0, 0.05) is 10.0 Å². The smallest absolute Gasteiger partial charge is 0.148 e. The average Bonchev–Trinajstić information content (AvgIpc) is 2.41. The quantitative estimate of drug-likeness (QED) is 0.598. The lowest BCUT2D eigenvalue weighted by Gasteiger charge is -2.13. The van der Waals surface area contributed by atoms with E-state index in [1.54, 1.807) is 0 Å². The minimum Gasteiger partial charge on any atom is -0.339 e. The van der Waals surface area contributed by atoms with Crippen LogP contribution in [0.5, 0.6) is 0 Å². The number of hydrazine groups is 1. The highest BCUT2D eigenvalue weighted by atomic mass is 79.9. The second kappa shape index (κ2) is 5.79. The zero-order chi connectivity index (χ0) is 13.0. The highest BCUT2D eigenvalue weighted by Crippen LogP contribution is 2.27. The molecule has 6 heteroatoms. The van der Waals surface area contributed by atoms with Crippen molar-refractivity contribution in [1.29, 1.82) is 0 Å². The molecule has 0 atom stereocenters. The van der Waals surface area contributed by atoms with Crippen molar-refractivity contribution in [3.63, 3.8) is 0 Å². The fourth-order valence-electron chi connectivity index (χ4n) is 1.67. The molecule has 2 aromatic rings. The summed E-state index contributed by atoms with van der Waals surface area (Å²) in [5.74, 6) is 6.84. The van der Waals surface area contributed by atoms with E-state index in [-0.39, 0.29) is 0 Å². The molecule has 1 aromatic heterocycles. The van der Waals surface area contributed by atoms with Gasteiger partial charge in [0.25, 0.3) is 0 Å². The van der Waals surface area contributed by atoms with Crippen molar-refractivity contribution in [3.05, 3.63) is 40.6 Å². The molecule has 0 saturated carbocycles. The van der Waals surface area contributed by atoms with Crippen molar-refractivity contribution >= 4 is 33.3 Å². The first-order valence-corrected chi connectivity index (χ1v) is 6.37. The third kappa shape index (κ3) is 2.60. The van der Waals surface area contributed by atoms with Crippen LogP contribution in [0.15, 0.2) is 35.1 Å². The largest absolute Gasteiger partial charge is 0.339 e. The first-order valence-electron chi connectivity index (χ1n) is 5.58. The van der Waals surface area contributed by atoms with Crippen LogP contribution in [0.2, 0.25) is 0 Å². The number of aromatic nitrogens is 2. The summed E-state index contributed by atoms with van der Waals surface area (Å²) in [6.45, 7) is 2.03. The molecule has 0 unspecified atom stereocenters. The molecule has 5 nitrogen and oxygen atoms in total. The fourth-order valence-corrected chi connectivity index (χ4v) is 2.05. The Balaban J connectivity index is 2.37. The van der Waals surface area contributed by atoms with E-state index in [0.29, 0.717) is 5.82 Å². The van der Waals surface area contributed by atoms with Gasteiger partial charge >= 0.3 is 0 Å². The van der Waals surface area contributed by atoms with Gasteiger partial charge in [0.2, 0.25) is 0 Å². The molecule has 0 saturated heterocycles. The van der Waals surface area contributed by atoms with Gasteiger partial charge in [0.05, 0.1) is 5.69 Å². The maximum atomic E-state index is 5.44. The van der Waals surface area contributed by atoms with Crippen LogP contribution in [0.25, 0.3) is 0 Å². The number of nitrogens with one attached hydrogen (secondary N) is 2. The van der Waals surface area contributed by atoms with Crippen molar-refractivity contribution in [1.82, 2.24) is 9.97 Å². The van der Waals surface area contributed by atoms with Crippen LogP contribution in [0.1, 0.15) is 12.5 Å². The minimum absolute atomic E-state index is 0.641. The van der Waals surface area contributed by atoms with Gasteiger partial charge in [0.1, 0.15) is 18.0 Å². The molecule has 0 aliphatic carbocycles. The normalized spacial score (nSPS) is 10.2. The zero-order valence-corrected chi connectivity index (χ0v) is 11.5. The lowest BCUT2D eigenvalue weighted by atomic mass is 10.2. The summed E-state index contributed by atoms with van der Waals surface area (Å²) in [5, 5.41) is 3.27. The van der Waals surface area contributed by atoms with E-state index >= 15 is 0 Å². The molecular formula is C12H14BrN5. The molecule has 0 fully saturated rings.